The summed E-state index contributed by atoms with van der Waals surface area (Å²) >= 11 is 0. The lowest BCUT2D eigenvalue weighted by molar-refractivity contribution is -0.120. The van der Waals surface area contributed by atoms with E-state index in [1.165, 1.54) is 4.31 Å². The van der Waals surface area contributed by atoms with Crippen molar-refractivity contribution in [2.24, 2.45) is 0 Å². The van der Waals surface area contributed by atoms with E-state index < -0.39 is 10.0 Å². The van der Waals surface area contributed by atoms with Crippen LogP contribution in [0.5, 0.6) is 0 Å². The van der Waals surface area contributed by atoms with Gasteiger partial charge in [0.2, 0.25) is 10.0 Å². The highest BCUT2D eigenvalue weighted by Crippen LogP contribution is 2.31. The molecule has 0 spiro atoms. The molecule has 0 radical (unpaired) electrons. The predicted molar refractivity (Wildman–Crippen MR) is 47.8 cm³/mol. The van der Waals surface area contributed by atoms with Crippen LogP contribution in [0.1, 0.15) is 25.7 Å². The summed E-state index contributed by atoms with van der Waals surface area (Å²) in [4.78, 5) is 11.1. The average Bonchev–Trinajstić information content (AvgIpc) is 2.86. The molecule has 0 atom stereocenters. The Morgan fingerprint density at radius 2 is 2.00 bits per heavy atom. The third-order valence-electron chi connectivity index (χ3n) is 2.52. The van der Waals surface area contributed by atoms with E-state index in [4.69, 9.17) is 0 Å². The molecule has 0 aromatic carbocycles. The molecule has 5 heteroatoms. The second kappa shape index (κ2) is 3.06. The van der Waals surface area contributed by atoms with Crippen molar-refractivity contribution >= 4 is 15.8 Å². The second-order valence-corrected chi connectivity index (χ2v) is 5.93. The van der Waals surface area contributed by atoms with E-state index in [2.05, 4.69) is 0 Å². The van der Waals surface area contributed by atoms with Crippen LogP contribution in [0.4, 0.5) is 0 Å². The summed E-state index contributed by atoms with van der Waals surface area (Å²) in [5.74, 6) is 0.0514. The molecule has 0 N–H and O–H groups in total. The zero-order valence-corrected chi connectivity index (χ0v) is 8.22. The van der Waals surface area contributed by atoms with Crippen molar-refractivity contribution in [3.05, 3.63) is 0 Å². The average molecular weight is 203 g/mol. The fraction of sp³-hybridized carbons (Fsp3) is 0.875. The van der Waals surface area contributed by atoms with Gasteiger partial charge in [0.1, 0.15) is 5.78 Å². The molecule has 2 aliphatic rings. The van der Waals surface area contributed by atoms with Crippen molar-refractivity contribution in [3.63, 3.8) is 0 Å². The highest BCUT2D eigenvalue weighted by Gasteiger charge is 2.41. The molecule has 1 aliphatic carbocycles. The van der Waals surface area contributed by atoms with Crippen LogP contribution in [0.3, 0.4) is 0 Å². The minimum atomic E-state index is -3.11. The number of piperidine rings is 1. The Morgan fingerprint density at radius 3 is 2.54 bits per heavy atom. The van der Waals surface area contributed by atoms with Gasteiger partial charge in [-0.1, -0.05) is 0 Å². The Bertz CT molecular complexity index is 318. The van der Waals surface area contributed by atoms with E-state index in [0.717, 1.165) is 12.8 Å². The summed E-state index contributed by atoms with van der Waals surface area (Å²) in [7, 11) is -3.11. The molecule has 1 saturated heterocycles. The molecule has 0 bridgehead atoms. The normalized spacial score (nSPS) is 26.3. The molecule has 2 fully saturated rings. The van der Waals surface area contributed by atoms with E-state index >= 15 is 0 Å². The Labute approximate surface area is 78.0 Å². The molecule has 2 rings (SSSR count). The molecule has 1 aliphatic heterocycles. The summed E-state index contributed by atoms with van der Waals surface area (Å²) in [5, 5.41) is -0.182. The summed E-state index contributed by atoms with van der Waals surface area (Å²) in [6.07, 6.45) is 2.77. The summed E-state index contributed by atoms with van der Waals surface area (Å²) in [6.45, 7) is 0.642. The highest BCUT2D eigenvalue weighted by molar-refractivity contribution is 7.90. The van der Waals surface area contributed by atoms with Gasteiger partial charge in [0.05, 0.1) is 11.8 Å². The largest absolute Gasteiger partial charge is 0.298 e. The zero-order chi connectivity index (χ0) is 9.47. The van der Waals surface area contributed by atoms with Gasteiger partial charge in [-0.3, -0.25) is 4.79 Å². The maximum Gasteiger partial charge on any atom is 0.217 e. The van der Waals surface area contributed by atoms with Crippen LogP contribution in [-0.4, -0.2) is 36.8 Å². The molecular weight excluding hydrogens is 190 g/mol. The van der Waals surface area contributed by atoms with Crippen molar-refractivity contribution in [2.75, 3.05) is 13.1 Å². The van der Waals surface area contributed by atoms with Crippen LogP contribution in [0, 0.1) is 0 Å². The van der Waals surface area contributed by atoms with Gasteiger partial charge in [-0.2, -0.15) is 4.31 Å². The van der Waals surface area contributed by atoms with E-state index in [1.54, 1.807) is 0 Å². The molecule has 74 valence electrons. The van der Waals surface area contributed by atoms with Crippen LogP contribution in [0.2, 0.25) is 0 Å². The number of sulfonamides is 1. The lowest BCUT2D eigenvalue weighted by atomic mass is 10.1. The Balaban J connectivity index is 2.10. The minimum Gasteiger partial charge on any atom is -0.298 e. The third-order valence-corrected chi connectivity index (χ3v) is 4.87. The number of hydrogen-bond donors (Lipinski definition) is 0. The van der Waals surface area contributed by atoms with Crippen LogP contribution in [0.25, 0.3) is 0 Å². The smallest absolute Gasteiger partial charge is 0.217 e. The molecule has 0 unspecified atom stereocenters. The monoisotopic (exact) mass is 203 g/mol. The molecule has 4 nitrogen and oxygen atoms in total. The zero-order valence-electron chi connectivity index (χ0n) is 7.40. The Kier molecular flexibility index (Phi) is 2.15. The topological polar surface area (TPSA) is 54.5 Å². The molecule has 0 aromatic heterocycles. The summed E-state index contributed by atoms with van der Waals surface area (Å²) in [6, 6.07) is 0. The van der Waals surface area contributed by atoms with Crippen LogP contribution in [-0.2, 0) is 14.8 Å². The maximum atomic E-state index is 11.7. The van der Waals surface area contributed by atoms with Crippen molar-refractivity contribution in [3.8, 4) is 0 Å². The lowest BCUT2D eigenvalue weighted by Gasteiger charge is -2.24. The predicted octanol–water partition coefficient (Wildman–Crippen LogP) is 0.144. The Hall–Kier alpha value is -0.420. The number of carbonyl (C=O) groups excluding carboxylic acids is 1. The number of ketones is 1. The number of hydrogen-bond acceptors (Lipinski definition) is 3. The van der Waals surface area contributed by atoms with Crippen LogP contribution >= 0.6 is 0 Å². The SMILES string of the molecule is O=C1CCCN(S(=O)(=O)C2CC2)C1. The first kappa shape index (κ1) is 9.15. The number of nitrogens with zero attached hydrogens (tertiary/aromatic N) is 1. The number of carbonyl (C=O) groups is 1. The van der Waals surface area contributed by atoms with E-state index in [9.17, 15) is 13.2 Å². The van der Waals surface area contributed by atoms with E-state index in [-0.39, 0.29) is 17.6 Å². The molecule has 1 saturated carbocycles. The summed E-state index contributed by atoms with van der Waals surface area (Å²) in [5.41, 5.74) is 0. The van der Waals surface area contributed by atoms with Crippen molar-refractivity contribution < 1.29 is 13.2 Å². The lowest BCUT2D eigenvalue weighted by Crippen LogP contribution is -2.41. The van der Waals surface area contributed by atoms with Gasteiger partial charge in [0, 0.05) is 13.0 Å². The second-order valence-electron chi connectivity index (χ2n) is 3.72. The highest BCUT2D eigenvalue weighted by atomic mass is 32.2. The quantitative estimate of drug-likeness (QED) is 0.641. The molecular formula is C8H13NO3S. The van der Waals surface area contributed by atoms with Gasteiger partial charge >= 0.3 is 0 Å². The standard InChI is InChI=1S/C8H13NO3S/c10-7-2-1-5-9(6-7)13(11,12)8-3-4-8/h8H,1-6H2. The number of rotatable bonds is 2. The van der Waals surface area contributed by atoms with Crippen molar-refractivity contribution in [1.82, 2.24) is 4.31 Å². The molecule has 1 heterocycles. The Morgan fingerprint density at radius 1 is 1.31 bits per heavy atom. The first-order chi connectivity index (χ1) is 6.10. The van der Waals surface area contributed by atoms with Gasteiger partial charge < -0.3 is 0 Å². The van der Waals surface area contributed by atoms with Crippen LogP contribution in [0.15, 0.2) is 0 Å². The first-order valence-corrected chi connectivity index (χ1v) is 6.12. The van der Waals surface area contributed by atoms with E-state index in [1.807, 2.05) is 0 Å². The van der Waals surface area contributed by atoms with Gasteiger partial charge in [0.25, 0.3) is 0 Å². The minimum absolute atomic E-state index is 0.0514. The van der Waals surface area contributed by atoms with Gasteiger partial charge in [-0.05, 0) is 19.3 Å². The maximum absolute atomic E-state index is 11.7. The third kappa shape index (κ3) is 1.76. The fourth-order valence-electron chi connectivity index (χ4n) is 1.60. The summed E-state index contributed by atoms with van der Waals surface area (Å²) < 4.78 is 24.7. The fourth-order valence-corrected chi connectivity index (χ4v) is 3.46. The van der Waals surface area contributed by atoms with Gasteiger partial charge in [0.15, 0.2) is 0 Å². The van der Waals surface area contributed by atoms with Gasteiger partial charge in [-0.15, -0.1) is 0 Å². The molecule has 13 heavy (non-hydrogen) atoms. The molecule has 0 aromatic rings. The first-order valence-electron chi connectivity index (χ1n) is 4.61. The molecule has 0 amide bonds. The van der Waals surface area contributed by atoms with E-state index in [0.29, 0.717) is 19.4 Å². The van der Waals surface area contributed by atoms with Gasteiger partial charge in [-0.25, -0.2) is 8.42 Å². The van der Waals surface area contributed by atoms with Crippen LogP contribution < -0.4 is 0 Å². The van der Waals surface area contributed by atoms with Crippen molar-refractivity contribution in [2.45, 2.75) is 30.9 Å². The van der Waals surface area contributed by atoms with Crippen molar-refractivity contribution in [1.29, 1.82) is 0 Å². The number of Topliss-reactive ketones (excluding diaryl/α,β-unsaturated/α-hetero) is 1.